The largest absolute Gasteiger partial charge is 0.496 e. The SMILES string of the molecule is CCNC(=NCc1ccccc1OC)NCCCCN(CC)CC.I. The van der Waals surface area contributed by atoms with Crippen LogP contribution in [-0.4, -0.2) is 50.7 Å². The standard InChI is InChI=1S/C19H34N4O.HI/c1-5-20-19(21-14-10-11-15-23(6-2)7-3)22-16-17-12-8-9-13-18(17)24-4;/h8-9,12-13H,5-7,10-11,14-16H2,1-4H3,(H2,20,21,22);1H. The summed E-state index contributed by atoms with van der Waals surface area (Å²) in [4.78, 5) is 7.12. The average molecular weight is 462 g/mol. The lowest BCUT2D eigenvalue weighted by atomic mass is 10.2. The van der Waals surface area contributed by atoms with Crippen molar-refractivity contribution in [3.63, 3.8) is 0 Å². The van der Waals surface area contributed by atoms with Crippen molar-refractivity contribution >= 4 is 29.9 Å². The van der Waals surface area contributed by atoms with Crippen molar-refractivity contribution in [3.8, 4) is 5.75 Å². The summed E-state index contributed by atoms with van der Waals surface area (Å²) in [6.07, 6.45) is 2.36. The Morgan fingerprint density at radius 1 is 1.08 bits per heavy atom. The summed E-state index contributed by atoms with van der Waals surface area (Å²) in [5.41, 5.74) is 1.10. The highest BCUT2D eigenvalue weighted by molar-refractivity contribution is 14.0. The molecule has 2 N–H and O–H groups in total. The monoisotopic (exact) mass is 462 g/mol. The predicted octanol–water partition coefficient (Wildman–Crippen LogP) is 3.49. The third-order valence-electron chi connectivity index (χ3n) is 4.03. The van der Waals surface area contributed by atoms with E-state index in [2.05, 4.69) is 47.4 Å². The lowest BCUT2D eigenvalue weighted by molar-refractivity contribution is 0.297. The molecule has 0 heterocycles. The van der Waals surface area contributed by atoms with Gasteiger partial charge in [-0.3, -0.25) is 0 Å². The Morgan fingerprint density at radius 3 is 2.44 bits per heavy atom. The van der Waals surface area contributed by atoms with Gasteiger partial charge in [-0.1, -0.05) is 32.0 Å². The van der Waals surface area contributed by atoms with Gasteiger partial charge < -0.3 is 20.3 Å². The Morgan fingerprint density at radius 2 is 1.80 bits per heavy atom. The average Bonchev–Trinajstić information content (AvgIpc) is 2.62. The molecule has 144 valence electrons. The minimum Gasteiger partial charge on any atom is -0.496 e. The van der Waals surface area contributed by atoms with Crippen LogP contribution in [0, 0.1) is 0 Å². The molecule has 0 aromatic heterocycles. The van der Waals surface area contributed by atoms with Crippen LogP contribution < -0.4 is 15.4 Å². The maximum atomic E-state index is 5.38. The van der Waals surface area contributed by atoms with Gasteiger partial charge in [-0.05, 0) is 45.5 Å². The molecule has 0 fully saturated rings. The molecule has 5 nitrogen and oxygen atoms in total. The molecule has 0 radical (unpaired) electrons. The molecule has 0 saturated carbocycles. The molecule has 0 aliphatic rings. The third kappa shape index (κ3) is 9.89. The van der Waals surface area contributed by atoms with Gasteiger partial charge >= 0.3 is 0 Å². The zero-order chi connectivity index (χ0) is 17.6. The molecule has 0 amide bonds. The molecular formula is C19H35IN4O. The molecule has 0 aliphatic heterocycles. The topological polar surface area (TPSA) is 48.9 Å². The van der Waals surface area contributed by atoms with Crippen LogP contribution in [0.1, 0.15) is 39.2 Å². The van der Waals surface area contributed by atoms with Crippen molar-refractivity contribution in [1.82, 2.24) is 15.5 Å². The molecule has 1 aromatic rings. The number of hydrogen-bond donors (Lipinski definition) is 2. The van der Waals surface area contributed by atoms with E-state index in [0.717, 1.165) is 49.9 Å². The Labute approximate surface area is 170 Å². The molecule has 0 spiro atoms. The third-order valence-corrected chi connectivity index (χ3v) is 4.03. The number of aliphatic imine (C=N–C) groups is 1. The summed E-state index contributed by atoms with van der Waals surface area (Å²) >= 11 is 0. The van der Waals surface area contributed by atoms with Crippen molar-refractivity contribution in [1.29, 1.82) is 0 Å². The Hall–Kier alpha value is -1.02. The summed E-state index contributed by atoms with van der Waals surface area (Å²) in [5, 5.41) is 6.72. The van der Waals surface area contributed by atoms with Gasteiger partial charge in [0.1, 0.15) is 5.75 Å². The first-order chi connectivity index (χ1) is 11.7. The van der Waals surface area contributed by atoms with E-state index in [4.69, 9.17) is 4.74 Å². The van der Waals surface area contributed by atoms with Crippen molar-refractivity contribution < 1.29 is 4.74 Å². The van der Waals surface area contributed by atoms with Crippen LogP contribution in [0.5, 0.6) is 5.75 Å². The normalized spacial score (nSPS) is 11.2. The zero-order valence-electron chi connectivity index (χ0n) is 16.2. The minimum atomic E-state index is 0. The van der Waals surface area contributed by atoms with Gasteiger partial charge in [-0.25, -0.2) is 4.99 Å². The fourth-order valence-electron chi connectivity index (χ4n) is 2.55. The van der Waals surface area contributed by atoms with Crippen LogP contribution in [-0.2, 0) is 6.54 Å². The van der Waals surface area contributed by atoms with Gasteiger partial charge in [-0.2, -0.15) is 0 Å². The Kier molecular flexibility index (Phi) is 14.6. The minimum absolute atomic E-state index is 0. The van der Waals surface area contributed by atoms with E-state index in [9.17, 15) is 0 Å². The highest BCUT2D eigenvalue weighted by Crippen LogP contribution is 2.17. The summed E-state index contributed by atoms with van der Waals surface area (Å²) in [5.74, 6) is 1.75. The van der Waals surface area contributed by atoms with E-state index in [-0.39, 0.29) is 24.0 Å². The number of para-hydroxylation sites is 1. The number of nitrogens with one attached hydrogen (secondary N) is 2. The molecule has 0 aliphatic carbocycles. The number of rotatable bonds is 11. The summed E-state index contributed by atoms with van der Waals surface area (Å²) < 4.78 is 5.38. The molecule has 1 aromatic carbocycles. The zero-order valence-corrected chi connectivity index (χ0v) is 18.5. The molecule has 0 atom stereocenters. The van der Waals surface area contributed by atoms with Gasteiger partial charge in [-0.15, -0.1) is 24.0 Å². The van der Waals surface area contributed by atoms with Crippen molar-refractivity contribution in [3.05, 3.63) is 29.8 Å². The van der Waals surface area contributed by atoms with Gasteiger partial charge in [0.15, 0.2) is 5.96 Å². The van der Waals surface area contributed by atoms with Gasteiger partial charge in [0.2, 0.25) is 0 Å². The van der Waals surface area contributed by atoms with E-state index in [0.29, 0.717) is 6.54 Å². The predicted molar refractivity (Wildman–Crippen MR) is 118 cm³/mol. The second-order valence-electron chi connectivity index (χ2n) is 5.67. The van der Waals surface area contributed by atoms with E-state index in [1.54, 1.807) is 7.11 Å². The number of halogens is 1. The number of unbranched alkanes of at least 4 members (excludes halogenated alkanes) is 1. The van der Waals surface area contributed by atoms with Crippen molar-refractivity contribution in [2.75, 3.05) is 39.8 Å². The maximum absolute atomic E-state index is 5.38. The summed E-state index contributed by atoms with van der Waals surface area (Å²) in [6, 6.07) is 8.01. The number of guanidine groups is 1. The number of hydrogen-bond acceptors (Lipinski definition) is 3. The first kappa shape index (κ1) is 24.0. The smallest absolute Gasteiger partial charge is 0.191 e. The summed E-state index contributed by atoms with van der Waals surface area (Å²) in [7, 11) is 1.70. The summed E-state index contributed by atoms with van der Waals surface area (Å²) in [6.45, 7) is 12.4. The molecule has 0 saturated heterocycles. The first-order valence-corrected chi connectivity index (χ1v) is 9.11. The maximum Gasteiger partial charge on any atom is 0.191 e. The second-order valence-corrected chi connectivity index (χ2v) is 5.67. The quantitative estimate of drug-likeness (QED) is 0.229. The van der Waals surface area contributed by atoms with Crippen LogP contribution >= 0.6 is 24.0 Å². The number of nitrogens with zero attached hydrogens (tertiary/aromatic N) is 2. The molecular weight excluding hydrogens is 427 g/mol. The fraction of sp³-hybridized carbons (Fsp3) is 0.632. The first-order valence-electron chi connectivity index (χ1n) is 9.11. The van der Waals surface area contributed by atoms with E-state index in [1.807, 2.05) is 18.2 Å². The highest BCUT2D eigenvalue weighted by Gasteiger charge is 2.03. The molecule has 0 bridgehead atoms. The van der Waals surface area contributed by atoms with Crippen LogP contribution in [0.15, 0.2) is 29.3 Å². The molecule has 6 heteroatoms. The van der Waals surface area contributed by atoms with Gasteiger partial charge in [0.25, 0.3) is 0 Å². The Bertz CT molecular complexity index is 478. The fourth-order valence-corrected chi connectivity index (χ4v) is 2.55. The lowest BCUT2D eigenvalue weighted by Gasteiger charge is -2.18. The van der Waals surface area contributed by atoms with Crippen LogP contribution in [0.25, 0.3) is 0 Å². The van der Waals surface area contributed by atoms with Crippen LogP contribution in [0.4, 0.5) is 0 Å². The van der Waals surface area contributed by atoms with E-state index < -0.39 is 0 Å². The van der Waals surface area contributed by atoms with Gasteiger partial charge in [0.05, 0.1) is 13.7 Å². The number of benzene rings is 1. The van der Waals surface area contributed by atoms with Crippen molar-refractivity contribution in [2.45, 2.75) is 40.2 Å². The second kappa shape index (κ2) is 15.3. The Balaban J connectivity index is 0.00000576. The van der Waals surface area contributed by atoms with Crippen LogP contribution in [0.2, 0.25) is 0 Å². The highest BCUT2D eigenvalue weighted by atomic mass is 127. The van der Waals surface area contributed by atoms with Gasteiger partial charge in [0, 0.05) is 18.7 Å². The molecule has 25 heavy (non-hydrogen) atoms. The van der Waals surface area contributed by atoms with E-state index in [1.165, 1.54) is 13.0 Å². The number of methoxy groups -OCH3 is 1. The van der Waals surface area contributed by atoms with Crippen molar-refractivity contribution in [2.24, 2.45) is 4.99 Å². The molecule has 0 unspecified atom stereocenters. The lowest BCUT2D eigenvalue weighted by Crippen LogP contribution is -2.38. The van der Waals surface area contributed by atoms with Crippen LogP contribution in [0.3, 0.4) is 0 Å². The number of ether oxygens (including phenoxy) is 1. The molecule has 1 rings (SSSR count). The van der Waals surface area contributed by atoms with E-state index >= 15 is 0 Å².